The third-order valence-electron chi connectivity index (χ3n) is 4.04. The number of sulfone groups is 1. The molecule has 1 aliphatic heterocycles. The third-order valence-corrected chi connectivity index (χ3v) is 4.98. The van der Waals surface area contributed by atoms with Gasteiger partial charge in [0, 0.05) is 19.3 Å². The largest absolute Gasteiger partial charge is 0.330 e. The second-order valence-electron chi connectivity index (χ2n) is 6.17. The van der Waals surface area contributed by atoms with E-state index in [1.54, 1.807) is 4.90 Å². The molecule has 22 heavy (non-hydrogen) atoms. The molecule has 122 valence electrons. The first-order valence-electron chi connectivity index (χ1n) is 7.63. The van der Waals surface area contributed by atoms with Gasteiger partial charge in [0.15, 0.2) is 0 Å². The van der Waals surface area contributed by atoms with Crippen LogP contribution in [0.2, 0.25) is 0 Å². The van der Waals surface area contributed by atoms with Crippen LogP contribution in [-0.2, 0) is 9.84 Å². The van der Waals surface area contributed by atoms with Gasteiger partial charge in [0.25, 0.3) is 0 Å². The lowest BCUT2D eigenvalue weighted by Crippen LogP contribution is -2.46. The Kier molecular flexibility index (Phi) is 5.45. The van der Waals surface area contributed by atoms with Gasteiger partial charge in [-0.05, 0) is 24.3 Å². The van der Waals surface area contributed by atoms with Gasteiger partial charge in [-0.15, -0.1) is 0 Å². The Morgan fingerprint density at radius 1 is 1.27 bits per heavy atom. The van der Waals surface area contributed by atoms with Crippen LogP contribution in [0.3, 0.4) is 0 Å². The van der Waals surface area contributed by atoms with Gasteiger partial charge in [0.05, 0.1) is 11.8 Å². The SMILES string of the molecule is CC1CCN(C(=O)N[C@H](CS(C)(=O)=O)c2ccccc2)CC1. The maximum Gasteiger partial charge on any atom is 0.317 e. The first kappa shape index (κ1) is 16.8. The minimum absolute atomic E-state index is 0.0903. The van der Waals surface area contributed by atoms with Gasteiger partial charge in [-0.1, -0.05) is 37.3 Å². The second kappa shape index (κ2) is 7.13. The highest BCUT2D eigenvalue weighted by Crippen LogP contribution is 2.18. The van der Waals surface area contributed by atoms with E-state index >= 15 is 0 Å². The molecule has 0 radical (unpaired) electrons. The van der Waals surface area contributed by atoms with Crippen molar-refractivity contribution < 1.29 is 13.2 Å². The summed E-state index contributed by atoms with van der Waals surface area (Å²) < 4.78 is 23.3. The van der Waals surface area contributed by atoms with Gasteiger partial charge in [-0.3, -0.25) is 0 Å². The number of urea groups is 1. The van der Waals surface area contributed by atoms with Gasteiger partial charge < -0.3 is 10.2 Å². The van der Waals surface area contributed by atoms with Crippen LogP contribution in [0.25, 0.3) is 0 Å². The molecule has 0 spiro atoms. The molecule has 1 fully saturated rings. The summed E-state index contributed by atoms with van der Waals surface area (Å²) in [5.41, 5.74) is 0.812. The average Bonchev–Trinajstić information content (AvgIpc) is 2.47. The summed E-state index contributed by atoms with van der Waals surface area (Å²) in [7, 11) is -3.19. The summed E-state index contributed by atoms with van der Waals surface area (Å²) in [6, 6.07) is 8.56. The van der Waals surface area contributed by atoms with Crippen molar-refractivity contribution in [3.63, 3.8) is 0 Å². The van der Waals surface area contributed by atoms with E-state index in [1.165, 1.54) is 6.26 Å². The van der Waals surface area contributed by atoms with Crippen LogP contribution in [0.5, 0.6) is 0 Å². The molecule has 1 aromatic rings. The summed E-state index contributed by atoms with van der Waals surface area (Å²) >= 11 is 0. The molecule has 0 saturated carbocycles. The number of hydrogen-bond donors (Lipinski definition) is 1. The standard InChI is InChI=1S/C16H24N2O3S/c1-13-8-10-18(11-9-13)16(19)17-15(12-22(2,20)21)14-6-4-3-5-7-14/h3-7,13,15H,8-12H2,1-2H3,(H,17,19)/t15-/m1/s1. The molecule has 6 heteroatoms. The fourth-order valence-corrected chi connectivity index (χ4v) is 3.54. The summed E-state index contributed by atoms with van der Waals surface area (Å²) in [6.07, 6.45) is 3.18. The topological polar surface area (TPSA) is 66.5 Å². The molecular weight excluding hydrogens is 300 g/mol. The molecule has 1 saturated heterocycles. The predicted molar refractivity (Wildman–Crippen MR) is 87.4 cm³/mol. The number of nitrogens with one attached hydrogen (secondary N) is 1. The molecule has 1 aliphatic rings. The van der Waals surface area contributed by atoms with Crippen LogP contribution in [0, 0.1) is 5.92 Å². The first-order valence-corrected chi connectivity index (χ1v) is 9.69. The monoisotopic (exact) mass is 324 g/mol. The number of carbonyl (C=O) groups excluding carboxylic acids is 1. The normalized spacial score (nSPS) is 18.0. The highest BCUT2D eigenvalue weighted by molar-refractivity contribution is 7.90. The number of carbonyl (C=O) groups is 1. The number of likely N-dealkylation sites (tertiary alicyclic amines) is 1. The van der Waals surface area contributed by atoms with Crippen molar-refractivity contribution in [3.05, 3.63) is 35.9 Å². The van der Waals surface area contributed by atoms with E-state index in [2.05, 4.69) is 12.2 Å². The highest BCUT2D eigenvalue weighted by Gasteiger charge is 2.25. The van der Waals surface area contributed by atoms with E-state index in [0.717, 1.165) is 31.5 Å². The Morgan fingerprint density at radius 2 is 1.86 bits per heavy atom. The van der Waals surface area contributed by atoms with E-state index in [9.17, 15) is 13.2 Å². The van der Waals surface area contributed by atoms with Crippen LogP contribution in [0.1, 0.15) is 31.4 Å². The predicted octanol–water partition coefficient (Wildman–Crippen LogP) is 2.21. The Bertz CT molecular complexity index is 593. The van der Waals surface area contributed by atoms with Gasteiger partial charge >= 0.3 is 6.03 Å². The van der Waals surface area contributed by atoms with E-state index in [0.29, 0.717) is 5.92 Å². The zero-order chi connectivity index (χ0) is 16.2. The number of benzene rings is 1. The van der Waals surface area contributed by atoms with Crippen molar-refractivity contribution in [2.75, 3.05) is 25.1 Å². The van der Waals surface area contributed by atoms with Crippen molar-refractivity contribution in [2.45, 2.75) is 25.8 Å². The quantitative estimate of drug-likeness (QED) is 0.923. The summed E-state index contributed by atoms with van der Waals surface area (Å²) in [6.45, 7) is 3.65. The maximum atomic E-state index is 12.4. The Hall–Kier alpha value is -1.56. The lowest BCUT2D eigenvalue weighted by Gasteiger charge is -2.32. The van der Waals surface area contributed by atoms with Crippen molar-refractivity contribution in [3.8, 4) is 0 Å². The van der Waals surface area contributed by atoms with Crippen molar-refractivity contribution in [1.29, 1.82) is 0 Å². The van der Waals surface area contributed by atoms with Gasteiger partial charge in [0.2, 0.25) is 0 Å². The maximum absolute atomic E-state index is 12.4. The number of amides is 2. The molecule has 5 nitrogen and oxygen atoms in total. The van der Waals surface area contributed by atoms with Gasteiger partial charge in [0.1, 0.15) is 9.84 Å². The van der Waals surface area contributed by atoms with E-state index < -0.39 is 15.9 Å². The van der Waals surface area contributed by atoms with E-state index in [-0.39, 0.29) is 11.8 Å². The molecule has 0 unspecified atom stereocenters. The van der Waals surface area contributed by atoms with Crippen LogP contribution < -0.4 is 5.32 Å². The molecule has 0 aromatic heterocycles. The number of piperidine rings is 1. The first-order chi connectivity index (χ1) is 10.3. The molecule has 1 atom stereocenters. The van der Waals surface area contributed by atoms with Crippen LogP contribution in [0.15, 0.2) is 30.3 Å². The molecule has 0 aliphatic carbocycles. The summed E-state index contributed by atoms with van der Waals surface area (Å²) in [5.74, 6) is 0.553. The molecule has 1 aromatic carbocycles. The summed E-state index contributed by atoms with van der Waals surface area (Å²) in [5, 5.41) is 2.88. The molecule has 1 N–H and O–H groups in total. The van der Waals surface area contributed by atoms with Crippen LogP contribution in [-0.4, -0.2) is 44.4 Å². The number of rotatable bonds is 4. The Morgan fingerprint density at radius 3 is 2.41 bits per heavy atom. The number of nitrogens with zero attached hydrogens (tertiary/aromatic N) is 1. The lowest BCUT2D eigenvalue weighted by molar-refractivity contribution is 0.171. The fraction of sp³-hybridized carbons (Fsp3) is 0.562. The zero-order valence-corrected chi connectivity index (χ0v) is 14.0. The van der Waals surface area contributed by atoms with Crippen LogP contribution >= 0.6 is 0 Å². The Labute approximate surface area is 132 Å². The second-order valence-corrected chi connectivity index (χ2v) is 8.36. The van der Waals surface area contributed by atoms with Crippen molar-refractivity contribution >= 4 is 15.9 Å². The molecular formula is C16H24N2O3S. The summed E-state index contributed by atoms with van der Waals surface area (Å²) in [4.78, 5) is 14.2. The van der Waals surface area contributed by atoms with Crippen LogP contribution in [0.4, 0.5) is 4.79 Å². The van der Waals surface area contributed by atoms with E-state index in [4.69, 9.17) is 0 Å². The van der Waals surface area contributed by atoms with Gasteiger partial charge in [-0.25, -0.2) is 13.2 Å². The molecule has 2 rings (SSSR count). The van der Waals surface area contributed by atoms with Crippen molar-refractivity contribution in [2.24, 2.45) is 5.92 Å². The number of hydrogen-bond acceptors (Lipinski definition) is 3. The molecule has 1 heterocycles. The third kappa shape index (κ3) is 5.02. The Balaban J connectivity index is 2.08. The average molecular weight is 324 g/mol. The van der Waals surface area contributed by atoms with Gasteiger partial charge in [-0.2, -0.15) is 0 Å². The molecule has 0 bridgehead atoms. The van der Waals surface area contributed by atoms with Crippen molar-refractivity contribution in [1.82, 2.24) is 10.2 Å². The smallest absolute Gasteiger partial charge is 0.317 e. The fourth-order valence-electron chi connectivity index (χ4n) is 2.66. The lowest BCUT2D eigenvalue weighted by atomic mass is 9.99. The highest BCUT2D eigenvalue weighted by atomic mass is 32.2. The minimum Gasteiger partial charge on any atom is -0.330 e. The zero-order valence-electron chi connectivity index (χ0n) is 13.2. The molecule has 2 amide bonds. The van der Waals surface area contributed by atoms with E-state index in [1.807, 2.05) is 30.3 Å². The minimum atomic E-state index is -3.19.